The number of halogens is 1. The van der Waals surface area contributed by atoms with Crippen molar-refractivity contribution in [2.24, 2.45) is 0 Å². The van der Waals surface area contributed by atoms with Gasteiger partial charge in [0.15, 0.2) is 0 Å². The van der Waals surface area contributed by atoms with E-state index in [9.17, 15) is 14.3 Å². The summed E-state index contributed by atoms with van der Waals surface area (Å²) in [6.07, 6.45) is 0.0552. The van der Waals surface area contributed by atoms with E-state index in [0.717, 1.165) is 0 Å². The maximum atomic E-state index is 13.5. The van der Waals surface area contributed by atoms with Crippen LogP contribution in [0.25, 0.3) is 0 Å². The first-order valence-corrected chi connectivity index (χ1v) is 8.04. The molecule has 0 radical (unpaired) electrons. The summed E-state index contributed by atoms with van der Waals surface area (Å²) in [5, 5.41) is 9.93. The van der Waals surface area contributed by atoms with E-state index in [1.807, 2.05) is 30.3 Å². The smallest absolute Gasteiger partial charge is 0.226 e. The van der Waals surface area contributed by atoms with Crippen molar-refractivity contribution >= 4 is 5.91 Å². The Morgan fingerprint density at radius 3 is 2.75 bits per heavy atom. The Kier molecular flexibility index (Phi) is 5.11. The summed E-state index contributed by atoms with van der Waals surface area (Å²) in [4.78, 5) is 14.1. The lowest BCUT2D eigenvalue weighted by molar-refractivity contribution is -0.133. The van der Waals surface area contributed by atoms with Gasteiger partial charge in [-0.3, -0.25) is 4.79 Å². The summed E-state index contributed by atoms with van der Waals surface area (Å²) in [6, 6.07) is 15.2. The van der Waals surface area contributed by atoms with Gasteiger partial charge in [-0.15, -0.1) is 0 Å². The van der Waals surface area contributed by atoms with Gasteiger partial charge in [0.2, 0.25) is 5.91 Å². The highest BCUT2D eigenvalue weighted by Gasteiger charge is 2.35. The van der Waals surface area contributed by atoms with Crippen LogP contribution >= 0.6 is 0 Å². The molecule has 3 rings (SSSR count). The first kappa shape index (κ1) is 16.5. The van der Waals surface area contributed by atoms with Crippen LogP contribution in [0.4, 0.5) is 4.39 Å². The number of benzene rings is 2. The molecule has 4 nitrogen and oxygen atoms in total. The number of nitrogens with zero attached hydrogens (tertiary/aromatic N) is 1. The van der Waals surface area contributed by atoms with E-state index < -0.39 is 6.10 Å². The minimum atomic E-state index is -0.586. The van der Waals surface area contributed by atoms with Crippen molar-refractivity contribution in [1.82, 2.24) is 4.90 Å². The number of ether oxygens (including phenoxy) is 1. The molecule has 0 unspecified atom stereocenters. The van der Waals surface area contributed by atoms with Crippen LogP contribution in [-0.4, -0.2) is 35.2 Å². The van der Waals surface area contributed by atoms with Crippen LogP contribution in [0.2, 0.25) is 0 Å². The first-order chi connectivity index (χ1) is 11.6. The average molecular weight is 329 g/mol. The molecule has 1 N–H and O–H groups in total. The van der Waals surface area contributed by atoms with Crippen LogP contribution in [0.1, 0.15) is 24.4 Å². The second kappa shape index (κ2) is 7.45. The molecule has 1 aliphatic heterocycles. The normalized spacial score (nSPS) is 20.2. The summed E-state index contributed by atoms with van der Waals surface area (Å²) >= 11 is 0. The summed E-state index contributed by atoms with van der Waals surface area (Å²) in [7, 11) is 0. The number of rotatable bonds is 5. The Labute approximate surface area is 140 Å². The van der Waals surface area contributed by atoms with Crippen molar-refractivity contribution in [3.05, 3.63) is 66.0 Å². The van der Waals surface area contributed by atoms with Gasteiger partial charge in [-0.25, -0.2) is 4.39 Å². The fourth-order valence-corrected chi connectivity index (χ4v) is 3.04. The molecule has 24 heavy (non-hydrogen) atoms. The maximum absolute atomic E-state index is 13.5. The Morgan fingerprint density at radius 1 is 1.21 bits per heavy atom. The molecule has 0 saturated carbocycles. The van der Waals surface area contributed by atoms with Crippen molar-refractivity contribution in [2.45, 2.75) is 25.0 Å². The average Bonchev–Trinajstić information content (AvgIpc) is 2.98. The summed E-state index contributed by atoms with van der Waals surface area (Å²) in [6.45, 7) is 0.538. The van der Waals surface area contributed by atoms with Gasteiger partial charge < -0.3 is 14.7 Å². The SMILES string of the molecule is O=C(CCOc1ccccc1)N1C[C@H](O)C[C@@H]1c1cccc(F)c1. The van der Waals surface area contributed by atoms with E-state index in [1.165, 1.54) is 12.1 Å². The number of amides is 1. The molecule has 0 spiro atoms. The largest absolute Gasteiger partial charge is 0.493 e. The molecule has 1 saturated heterocycles. The topological polar surface area (TPSA) is 49.8 Å². The molecule has 0 bridgehead atoms. The van der Waals surface area contributed by atoms with Crippen molar-refractivity contribution in [3.8, 4) is 5.75 Å². The lowest BCUT2D eigenvalue weighted by Gasteiger charge is -2.25. The number of likely N-dealkylation sites (tertiary alicyclic amines) is 1. The fraction of sp³-hybridized carbons (Fsp3) is 0.316. The second-order valence-corrected chi connectivity index (χ2v) is 5.92. The van der Waals surface area contributed by atoms with E-state index in [4.69, 9.17) is 4.74 Å². The van der Waals surface area contributed by atoms with Gasteiger partial charge in [0.1, 0.15) is 11.6 Å². The zero-order chi connectivity index (χ0) is 16.9. The molecule has 2 aromatic rings. The molecular formula is C19H20FNO3. The predicted octanol–water partition coefficient (Wildman–Crippen LogP) is 2.93. The predicted molar refractivity (Wildman–Crippen MR) is 88.0 cm³/mol. The van der Waals surface area contributed by atoms with Gasteiger partial charge in [0, 0.05) is 6.54 Å². The second-order valence-electron chi connectivity index (χ2n) is 5.92. The van der Waals surface area contributed by atoms with Crippen molar-refractivity contribution in [2.75, 3.05) is 13.2 Å². The quantitative estimate of drug-likeness (QED) is 0.917. The minimum absolute atomic E-state index is 0.100. The number of hydrogen-bond acceptors (Lipinski definition) is 3. The van der Waals surface area contributed by atoms with E-state index >= 15 is 0 Å². The van der Waals surface area contributed by atoms with Crippen LogP contribution in [0.3, 0.4) is 0 Å². The molecular weight excluding hydrogens is 309 g/mol. The van der Waals surface area contributed by atoms with Crippen molar-refractivity contribution < 1.29 is 19.0 Å². The molecule has 5 heteroatoms. The molecule has 2 atom stereocenters. The summed E-state index contributed by atoms with van der Waals surface area (Å²) < 4.78 is 19.0. The highest BCUT2D eigenvalue weighted by atomic mass is 19.1. The highest BCUT2D eigenvalue weighted by Crippen LogP contribution is 2.32. The Balaban J connectivity index is 1.62. The van der Waals surface area contributed by atoms with Gasteiger partial charge in [0.05, 0.1) is 25.2 Å². The zero-order valence-electron chi connectivity index (χ0n) is 13.3. The van der Waals surface area contributed by atoms with Gasteiger partial charge in [-0.1, -0.05) is 30.3 Å². The molecule has 1 aliphatic rings. The number of carbonyl (C=O) groups excluding carboxylic acids is 1. The van der Waals surface area contributed by atoms with Gasteiger partial charge in [-0.2, -0.15) is 0 Å². The third-order valence-corrected chi connectivity index (χ3v) is 4.16. The van der Waals surface area contributed by atoms with Crippen LogP contribution in [0, 0.1) is 5.82 Å². The van der Waals surface area contributed by atoms with Crippen molar-refractivity contribution in [3.63, 3.8) is 0 Å². The lowest BCUT2D eigenvalue weighted by Crippen LogP contribution is -2.32. The Morgan fingerprint density at radius 2 is 2.00 bits per heavy atom. The molecule has 0 aliphatic carbocycles. The van der Waals surface area contributed by atoms with Crippen molar-refractivity contribution in [1.29, 1.82) is 0 Å². The number of para-hydroxylation sites is 1. The zero-order valence-corrected chi connectivity index (χ0v) is 13.3. The third kappa shape index (κ3) is 3.92. The fourth-order valence-electron chi connectivity index (χ4n) is 3.04. The van der Waals surface area contributed by atoms with E-state index in [0.29, 0.717) is 17.7 Å². The third-order valence-electron chi connectivity index (χ3n) is 4.16. The minimum Gasteiger partial charge on any atom is -0.493 e. The van der Waals surface area contributed by atoms with Crippen LogP contribution < -0.4 is 4.74 Å². The van der Waals surface area contributed by atoms with Crippen LogP contribution in [-0.2, 0) is 4.79 Å². The molecule has 1 fully saturated rings. The van der Waals surface area contributed by atoms with E-state index in [2.05, 4.69) is 0 Å². The molecule has 1 heterocycles. The Bertz CT molecular complexity index is 692. The van der Waals surface area contributed by atoms with Gasteiger partial charge in [-0.05, 0) is 36.2 Å². The molecule has 1 amide bonds. The number of carbonyl (C=O) groups is 1. The number of aliphatic hydroxyl groups excluding tert-OH is 1. The maximum Gasteiger partial charge on any atom is 0.226 e. The molecule has 2 aromatic carbocycles. The molecule has 0 aromatic heterocycles. The van der Waals surface area contributed by atoms with E-state index in [-0.39, 0.29) is 37.3 Å². The lowest BCUT2D eigenvalue weighted by atomic mass is 10.0. The van der Waals surface area contributed by atoms with Gasteiger partial charge >= 0.3 is 0 Å². The van der Waals surface area contributed by atoms with Crippen LogP contribution in [0.15, 0.2) is 54.6 Å². The Hall–Kier alpha value is -2.40. The first-order valence-electron chi connectivity index (χ1n) is 8.04. The number of hydrogen-bond donors (Lipinski definition) is 1. The van der Waals surface area contributed by atoms with E-state index in [1.54, 1.807) is 17.0 Å². The number of aliphatic hydroxyl groups is 1. The summed E-state index contributed by atoms with van der Waals surface area (Å²) in [5.41, 5.74) is 0.712. The highest BCUT2D eigenvalue weighted by molar-refractivity contribution is 5.77. The monoisotopic (exact) mass is 329 g/mol. The molecule has 126 valence electrons. The van der Waals surface area contributed by atoms with Crippen LogP contribution in [0.5, 0.6) is 5.75 Å². The standard InChI is InChI=1S/C19H20FNO3/c20-15-6-4-5-14(11-15)18-12-16(22)13-21(18)19(23)9-10-24-17-7-2-1-3-8-17/h1-8,11,16,18,22H,9-10,12-13H2/t16-,18-/m1/s1. The summed E-state index contributed by atoms with van der Waals surface area (Å²) in [5.74, 6) is 0.277. The number of β-amino-alcohol motifs (C(OH)–C–C–N with tert-alkyl or cyclic N) is 1. The van der Waals surface area contributed by atoms with Gasteiger partial charge in [0.25, 0.3) is 0 Å².